The van der Waals surface area contributed by atoms with E-state index >= 15 is 0 Å². The van der Waals surface area contributed by atoms with Crippen LogP contribution in [0.5, 0.6) is 17.2 Å². The Kier molecular flexibility index (Phi) is 6.33. The quantitative estimate of drug-likeness (QED) is 0.314. The van der Waals surface area contributed by atoms with Crippen molar-refractivity contribution in [3.05, 3.63) is 101 Å². The number of hydrogen-bond acceptors (Lipinski definition) is 5. The molecule has 5 nitrogen and oxygen atoms in total. The lowest BCUT2D eigenvalue weighted by molar-refractivity contribution is -0.0191. The molecule has 34 heavy (non-hydrogen) atoms. The Labute approximate surface area is 208 Å². The first-order valence-electron chi connectivity index (χ1n) is 11.4. The van der Waals surface area contributed by atoms with Crippen LogP contribution in [-0.2, 0) is 0 Å². The lowest BCUT2D eigenvalue weighted by Crippen LogP contribution is -2.33. The third kappa shape index (κ3) is 4.55. The van der Waals surface area contributed by atoms with Gasteiger partial charge in [-0.2, -0.15) is 5.10 Å². The maximum absolute atomic E-state index is 6.48. The van der Waals surface area contributed by atoms with Gasteiger partial charge in [0.1, 0.15) is 23.9 Å². The van der Waals surface area contributed by atoms with Crippen molar-refractivity contribution < 1.29 is 14.2 Å². The maximum atomic E-state index is 6.48. The highest BCUT2D eigenvalue weighted by molar-refractivity contribution is 9.10. The molecule has 3 aromatic carbocycles. The van der Waals surface area contributed by atoms with Gasteiger partial charge < -0.3 is 14.2 Å². The van der Waals surface area contributed by atoms with Crippen LogP contribution in [0.15, 0.2) is 89.0 Å². The minimum absolute atomic E-state index is 0.0875. The van der Waals surface area contributed by atoms with Crippen LogP contribution in [0.4, 0.5) is 0 Å². The maximum Gasteiger partial charge on any atom is 0.213 e. The van der Waals surface area contributed by atoms with E-state index in [0.717, 1.165) is 50.5 Å². The summed E-state index contributed by atoms with van der Waals surface area (Å²) in [6.07, 6.45) is 2.35. The topological polar surface area (TPSA) is 43.3 Å². The minimum atomic E-state index is -0.326. The average molecular weight is 519 g/mol. The second-order valence-electron chi connectivity index (χ2n) is 8.66. The van der Waals surface area contributed by atoms with Gasteiger partial charge in [-0.15, -0.1) is 0 Å². The Morgan fingerprint density at radius 2 is 1.82 bits per heavy atom. The molecular formula is C28H27BrN2O3. The first-order chi connectivity index (χ1) is 16.5. The molecule has 0 unspecified atom stereocenters. The van der Waals surface area contributed by atoms with Gasteiger partial charge in [0.2, 0.25) is 6.23 Å². The molecule has 2 atom stereocenters. The largest absolute Gasteiger partial charge is 0.491 e. The smallest absolute Gasteiger partial charge is 0.213 e. The molecule has 5 rings (SSSR count). The number of halogens is 1. The van der Waals surface area contributed by atoms with Gasteiger partial charge in [0, 0.05) is 22.0 Å². The van der Waals surface area contributed by atoms with Crippen LogP contribution in [-0.4, -0.2) is 23.4 Å². The van der Waals surface area contributed by atoms with E-state index in [4.69, 9.17) is 19.3 Å². The number of hydrogen-bond donors (Lipinski definition) is 0. The van der Waals surface area contributed by atoms with Crippen molar-refractivity contribution in [2.45, 2.75) is 38.6 Å². The Hall–Kier alpha value is -3.25. The Morgan fingerprint density at radius 3 is 2.53 bits per heavy atom. The number of nitrogens with zero attached hydrogens (tertiary/aromatic N) is 2. The van der Waals surface area contributed by atoms with Gasteiger partial charge in [-0.3, -0.25) is 0 Å². The standard InChI is InChI=1S/C28H27BrN2O3/c1-4-15-32-22-10-7-20(8-11-22)28-31-26(24-16-21(29)9-14-27(24)34-28)17-25(30-31)19-5-12-23(13-6-19)33-18(2)3/h4-14,16,18,26,28H,1,15,17H2,2-3H3/t26-,28-/m1/s1. The second kappa shape index (κ2) is 9.55. The van der Waals surface area contributed by atoms with Gasteiger partial charge >= 0.3 is 0 Å². The third-order valence-corrected chi connectivity index (χ3v) is 6.34. The number of fused-ring (bicyclic) bond motifs is 3. The summed E-state index contributed by atoms with van der Waals surface area (Å²) in [5, 5.41) is 7.14. The zero-order valence-corrected chi connectivity index (χ0v) is 20.9. The van der Waals surface area contributed by atoms with E-state index < -0.39 is 0 Å². The van der Waals surface area contributed by atoms with E-state index in [0.29, 0.717) is 6.61 Å². The van der Waals surface area contributed by atoms with Crippen molar-refractivity contribution >= 4 is 21.6 Å². The van der Waals surface area contributed by atoms with Crippen molar-refractivity contribution in [1.82, 2.24) is 5.01 Å². The van der Waals surface area contributed by atoms with E-state index in [2.05, 4.69) is 45.7 Å². The van der Waals surface area contributed by atoms with E-state index in [1.165, 1.54) is 0 Å². The number of benzene rings is 3. The monoisotopic (exact) mass is 518 g/mol. The highest BCUT2D eigenvalue weighted by Gasteiger charge is 2.41. The van der Waals surface area contributed by atoms with Crippen molar-refractivity contribution in [2.24, 2.45) is 5.10 Å². The summed E-state index contributed by atoms with van der Waals surface area (Å²) in [6, 6.07) is 22.4. The van der Waals surface area contributed by atoms with Crippen molar-refractivity contribution in [3.8, 4) is 17.2 Å². The molecule has 0 saturated carbocycles. The van der Waals surface area contributed by atoms with E-state index in [-0.39, 0.29) is 18.4 Å². The van der Waals surface area contributed by atoms with Crippen LogP contribution >= 0.6 is 15.9 Å². The molecular weight excluding hydrogens is 492 g/mol. The fourth-order valence-electron chi connectivity index (χ4n) is 4.33. The van der Waals surface area contributed by atoms with Crippen LogP contribution in [0.2, 0.25) is 0 Å². The number of rotatable bonds is 7. The molecule has 0 N–H and O–H groups in total. The van der Waals surface area contributed by atoms with Gasteiger partial charge in [0.15, 0.2) is 0 Å². The lowest BCUT2D eigenvalue weighted by Gasteiger charge is -2.38. The summed E-state index contributed by atoms with van der Waals surface area (Å²) >= 11 is 3.62. The van der Waals surface area contributed by atoms with Gasteiger partial charge in [-0.05, 0) is 86.1 Å². The fourth-order valence-corrected chi connectivity index (χ4v) is 4.71. The lowest BCUT2D eigenvalue weighted by atomic mass is 9.96. The molecule has 6 heteroatoms. The molecule has 3 aromatic rings. The Morgan fingerprint density at radius 1 is 1.09 bits per heavy atom. The van der Waals surface area contributed by atoms with Gasteiger partial charge in [-0.25, -0.2) is 5.01 Å². The first-order valence-corrected chi connectivity index (χ1v) is 12.2. The number of ether oxygens (including phenoxy) is 3. The van der Waals surface area contributed by atoms with Crippen LogP contribution in [0, 0.1) is 0 Å². The molecule has 0 saturated heterocycles. The summed E-state index contributed by atoms with van der Waals surface area (Å²) in [5.41, 5.74) is 4.28. The van der Waals surface area contributed by atoms with Gasteiger partial charge in [0.05, 0.1) is 17.9 Å². The molecule has 2 aliphatic heterocycles. The summed E-state index contributed by atoms with van der Waals surface area (Å²) in [4.78, 5) is 0. The summed E-state index contributed by atoms with van der Waals surface area (Å²) < 4.78 is 19.0. The molecule has 0 aromatic heterocycles. The van der Waals surface area contributed by atoms with Gasteiger partial charge in [-0.1, -0.05) is 28.6 Å². The van der Waals surface area contributed by atoms with Gasteiger partial charge in [0.25, 0.3) is 0 Å². The van der Waals surface area contributed by atoms with Crippen LogP contribution in [0.1, 0.15) is 49.2 Å². The van der Waals surface area contributed by atoms with Crippen LogP contribution < -0.4 is 14.2 Å². The molecule has 0 fully saturated rings. The van der Waals surface area contributed by atoms with Crippen LogP contribution in [0.25, 0.3) is 0 Å². The third-order valence-electron chi connectivity index (χ3n) is 5.84. The summed E-state index contributed by atoms with van der Waals surface area (Å²) in [5.74, 6) is 2.55. The molecule has 0 amide bonds. The minimum Gasteiger partial charge on any atom is -0.491 e. The molecule has 0 spiro atoms. The van der Waals surface area contributed by atoms with Crippen molar-refractivity contribution in [1.29, 1.82) is 0 Å². The summed E-state index contributed by atoms with van der Waals surface area (Å²) in [7, 11) is 0. The molecule has 0 radical (unpaired) electrons. The Bertz CT molecular complexity index is 1210. The highest BCUT2D eigenvalue weighted by Crippen LogP contribution is 2.48. The second-order valence-corrected chi connectivity index (χ2v) is 9.57. The van der Waals surface area contributed by atoms with Crippen LogP contribution in [0.3, 0.4) is 0 Å². The zero-order valence-electron chi connectivity index (χ0n) is 19.3. The molecule has 2 aliphatic rings. The highest BCUT2D eigenvalue weighted by atomic mass is 79.9. The molecule has 174 valence electrons. The molecule has 2 heterocycles. The predicted octanol–water partition coefficient (Wildman–Crippen LogP) is 7.04. The zero-order chi connectivity index (χ0) is 23.7. The van der Waals surface area contributed by atoms with E-state index in [1.807, 2.05) is 62.4 Å². The Balaban J connectivity index is 1.47. The van der Waals surface area contributed by atoms with E-state index in [1.54, 1.807) is 6.08 Å². The number of hydrazone groups is 1. The molecule has 0 bridgehead atoms. The normalized spacial score (nSPS) is 18.6. The average Bonchev–Trinajstić information content (AvgIpc) is 3.29. The van der Waals surface area contributed by atoms with Crippen molar-refractivity contribution in [3.63, 3.8) is 0 Å². The SMILES string of the molecule is C=CCOc1ccc([C@H]2Oc3ccc(Br)cc3[C@H]3CC(c4ccc(OC(C)C)cc4)=NN32)cc1. The van der Waals surface area contributed by atoms with Crippen molar-refractivity contribution in [2.75, 3.05) is 6.61 Å². The van der Waals surface area contributed by atoms with E-state index in [9.17, 15) is 0 Å². The fraction of sp³-hybridized carbons (Fsp3) is 0.250. The molecule has 0 aliphatic carbocycles. The summed E-state index contributed by atoms with van der Waals surface area (Å²) in [6.45, 7) is 8.24. The predicted molar refractivity (Wildman–Crippen MR) is 138 cm³/mol. The first kappa shape index (κ1) is 22.5.